The Morgan fingerprint density at radius 1 is 1.11 bits per heavy atom. The van der Waals surface area contributed by atoms with E-state index in [4.69, 9.17) is 0 Å². The van der Waals surface area contributed by atoms with Crippen LogP contribution in [0.5, 0.6) is 0 Å². The zero-order chi connectivity index (χ0) is 13.8. The number of carbonyl (C=O) groups is 2. The molecule has 1 rings (SSSR count). The number of ether oxygens (including phenoxy) is 1. The number of esters is 1. The average molecular weight is 250 g/mol. The van der Waals surface area contributed by atoms with E-state index in [1.54, 1.807) is 6.92 Å². The third-order valence-electron chi connectivity index (χ3n) is 2.10. The Bertz CT molecular complexity index is 344. The Balaban J connectivity index is 0.000000331. The summed E-state index contributed by atoms with van der Waals surface area (Å²) < 4.78 is 4.64. The van der Waals surface area contributed by atoms with Gasteiger partial charge in [0, 0.05) is 13.3 Å². The van der Waals surface area contributed by atoms with E-state index in [9.17, 15) is 9.59 Å². The maximum absolute atomic E-state index is 10.6. The van der Waals surface area contributed by atoms with E-state index in [0.717, 1.165) is 18.4 Å². The first-order valence-corrected chi connectivity index (χ1v) is 6.23. The SMILES string of the molecule is CC(=O)Cc1ccccc1.CCCCOC(C)=O. The van der Waals surface area contributed by atoms with E-state index in [0.29, 0.717) is 13.0 Å². The Morgan fingerprint density at radius 2 is 1.72 bits per heavy atom. The minimum atomic E-state index is -0.182. The fraction of sp³-hybridized carbons (Fsp3) is 0.467. The molecule has 0 fully saturated rings. The molecule has 0 aliphatic heterocycles. The Morgan fingerprint density at radius 3 is 2.17 bits per heavy atom. The molecule has 18 heavy (non-hydrogen) atoms. The Labute approximate surface area is 109 Å². The van der Waals surface area contributed by atoms with Crippen LogP contribution >= 0.6 is 0 Å². The first kappa shape index (κ1) is 16.4. The molecule has 0 unspecified atom stereocenters. The van der Waals surface area contributed by atoms with Crippen molar-refractivity contribution in [2.45, 2.75) is 40.0 Å². The van der Waals surface area contributed by atoms with Gasteiger partial charge in [0.15, 0.2) is 0 Å². The largest absolute Gasteiger partial charge is 0.466 e. The molecule has 0 saturated heterocycles. The standard InChI is InChI=1S/C9H10O.C6H12O2/c1-8(10)7-9-5-3-2-4-6-9;1-3-4-5-8-6(2)7/h2-6H,7H2,1H3;3-5H2,1-2H3. The molecule has 0 radical (unpaired) electrons. The molecular formula is C15H22O3. The number of Topliss-reactive ketones (excluding diaryl/α,β-unsaturated/α-hetero) is 1. The van der Waals surface area contributed by atoms with Crippen molar-refractivity contribution in [2.75, 3.05) is 6.61 Å². The van der Waals surface area contributed by atoms with E-state index in [1.165, 1.54) is 6.92 Å². The van der Waals surface area contributed by atoms with Crippen LogP contribution in [-0.2, 0) is 20.7 Å². The van der Waals surface area contributed by atoms with Gasteiger partial charge in [-0.15, -0.1) is 0 Å². The van der Waals surface area contributed by atoms with Gasteiger partial charge in [-0.1, -0.05) is 43.7 Å². The van der Waals surface area contributed by atoms with Gasteiger partial charge in [-0.25, -0.2) is 0 Å². The minimum Gasteiger partial charge on any atom is -0.466 e. The summed E-state index contributed by atoms with van der Waals surface area (Å²) >= 11 is 0. The predicted octanol–water partition coefficient (Wildman–Crippen LogP) is 3.17. The van der Waals surface area contributed by atoms with Gasteiger partial charge in [0.1, 0.15) is 5.78 Å². The van der Waals surface area contributed by atoms with Crippen molar-refractivity contribution < 1.29 is 14.3 Å². The second kappa shape index (κ2) is 10.5. The van der Waals surface area contributed by atoms with Gasteiger partial charge < -0.3 is 4.74 Å². The highest BCUT2D eigenvalue weighted by molar-refractivity contribution is 5.78. The molecule has 0 bridgehead atoms. The average Bonchev–Trinajstić information content (AvgIpc) is 2.30. The molecule has 0 saturated carbocycles. The Hall–Kier alpha value is -1.64. The van der Waals surface area contributed by atoms with Crippen LogP contribution in [0.3, 0.4) is 0 Å². The summed E-state index contributed by atoms with van der Waals surface area (Å²) in [5, 5.41) is 0. The molecule has 3 nitrogen and oxygen atoms in total. The number of rotatable bonds is 5. The molecule has 1 aromatic rings. The van der Waals surface area contributed by atoms with Crippen LogP contribution in [0.25, 0.3) is 0 Å². The van der Waals surface area contributed by atoms with Crippen molar-refractivity contribution in [3.8, 4) is 0 Å². The third-order valence-corrected chi connectivity index (χ3v) is 2.10. The molecule has 0 amide bonds. The van der Waals surface area contributed by atoms with Gasteiger partial charge >= 0.3 is 5.97 Å². The highest BCUT2D eigenvalue weighted by Gasteiger charge is 1.93. The molecule has 0 N–H and O–H groups in total. The van der Waals surface area contributed by atoms with Gasteiger partial charge in [-0.3, -0.25) is 9.59 Å². The summed E-state index contributed by atoms with van der Waals surface area (Å²) in [7, 11) is 0. The molecule has 0 aromatic heterocycles. The lowest BCUT2D eigenvalue weighted by atomic mass is 10.1. The van der Waals surface area contributed by atoms with E-state index in [1.807, 2.05) is 30.3 Å². The number of benzene rings is 1. The molecule has 0 spiro atoms. The summed E-state index contributed by atoms with van der Waals surface area (Å²) in [6.07, 6.45) is 2.60. The smallest absolute Gasteiger partial charge is 0.302 e. The van der Waals surface area contributed by atoms with Crippen LogP contribution in [-0.4, -0.2) is 18.4 Å². The Kier molecular flexibility index (Phi) is 9.55. The van der Waals surface area contributed by atoms with Crippen LogP contribution in [0.2, 0.25) is 0 Å². The van der Waals surface area contributed by atoms with Gasteiger partial charge in [-0.05, 0) is 18.9 Å². The van der Waals surface area contributed by atoms with Crippen LogP contribution in [0.1, 0.15) is 39.2 Å². The van der Waals surface area contributed by atoms with Crippen molar-refractivity contribution in [1.82, 2.24) is 0 Å². The van der Waals surface area contributed by atoms with Crippen molar-refractivity contribution in [3.63, 3.8) is 0 Å². The van der Waals surface area contributed by atoms with Gasteiger partial charge in [0.2, 0.25) is 0 Å². The molecular weight excluding hydrogens is 228 g/mol. The second-order valence-corrected chi connectivity index (χ2v) is 4.06. The molecule has 3 heteroatoms. The van der Waals surface area contributed by atoms with Crippen molar-refractivity contribution in [3.05, 3.63) is 35.9 Å². The summed E-state index contributed by atoms with van der Waals surface area (Å²) in [6.45, 7) is 5.66. The summed E-state index contributed by atoms with van der Waals surface area (Å²) in [5.74, 6) is 0.0321. The van der Waals surface area contributed by atoms with E-state index < -0.39 is 0 Å². The zero-order valence-electron chi connectivity index (χ0n) is 11.4. The van der Waals surface area contributed by atoms with Crippen molar-refractivity contribution >= 4 is 11.8 Å². The fourth-order valence-electron chi connectivity index (χ4n) is 1.24. The number of ketones is 1. The van der Waals surface area contributed by atoms with Gasteiger partial charge in [0.05, 0.1) is 6.61 Å². The van der Waals surface area contributed by atoms with Crippen molar-refractivity contribution in [1.29, 1.82) is 0 Å². The number of carbonyl (C=O) groups excluding carboxylic acids is 2. The van der Waals surface area contributed by atoms with Gasteiger partial charge in [-0.2, -0.15) is 0 Å². The van der Waals surface area contributed by atoms with E-state index in [2.05, 4.69) is 11.7 Å². The van der Waals surface area contributed by atoms with Crippen LogP contribution in [0, 0.1) is 0 Å². The van der Waals surface area contributed by atoms with E-state index in [-0.39, 0.29) is 11.8 Å². The summed E-state index contributed by atoms with van der Waals surface area (Å²) in [4.78, 5) is 20.7. The lowest BCUT2D eigenvalue weighted by Crippen LogP contribution is -1.99. The quantitative estimate of drug-likeness (QED) is 0.595. The maximum Gasteiger partial charge on any atom is 0.302 e. The third kappa shape index (κ3) is 10.9. The maximum atomic E-state index is 10.6. The zero-order valence-corrected chi connectivity index (χ0v) is 11.4. The second-order valence-electron chi connectivity index (χ2n) is 4.06. The minimum absolute atomic E-state index is 0.182. The van der Waals surface area contributed by atoms with E-state index >= 15 is 0 Å². The predicted molar refractivity (Wildman–Crippen MR) is 72.4 cm³/mol. The number of hydrogen-bond acceptors (Lipinski definition) is 3. The number of unbranched alkanes of at least 4 members (excludes halogenated alkanes) is 1. The van der Waals surface area contributed by atoms with Crippen molar-refractivity contribution in [2.24, 2.45) is 0 Å². The lowest BCUT2D eigenvalue weighted by molar-refractivity contribution is -0.141. The van der Waals surface area contributed by atoms with Crippen LogP contribution in [0.15, 0.2) is 30.3 Å². The summed E-state index contributed by atoms with van der Waals surface area (Å²) in [5.41, 5.74) is 1.09. The van der Waals surface area contributed by atoms with Crippen LogP contribution < -0.4 is 0 Å². The molecule has 0 aliphatic carbocycles. The van der Waals surface area contributed by atoms with Crippen LogP contribution in [0.4, 0.5) is 0 Å². The fourth-order valence-corrected chi connectivity index (χ4v) is 1.24. The first-order chi connectivity index (χ1) is 8.56. The first-order valence-electron chi connectivity index (χ1n) is 6.23. The molecule has 100 valence electrons. The monoisotopic (exact) mass is 250 g/mol. The van der Waals surface area contributed by atoms with Gasteiger partial charge in [0.25, 0.3) is 0 Å². The molecule has 0 aliphatic rings. The molecule has 1 aromatic carbocycles. The normalized spacial score (nSPS) is 9.06. The number of hydrogen-bond donors (Lipinski definition) is 0. The summed E-state index contributed by atoms with van der Waals surface area (Å²) in [6, 6.07) is 9.75. The highest BCUT2D eigenvalue weighted by Crippen LogP contribution is 1.98. The lowest BCUT2D eigenvalue weighted by Gasteiger charge is -1.96. The molecule has 0 heterocycles. The highest BCUT2D eigenvalue weighted by atomic mass is 16.5. The molecule has 0 atom stereocenters. The topological polar surface area (TPSA) is 43.4 Å².